The van der Waals surface area contributed by atoms with Crippen LogP contribution in [0.3, 0.4) is 0 Å². The van der Waals surface area contributed by atoms with Gasteiger partial charge in [-0.2, -0.15) is 0 Å². The minimum Gasteiger partial charge on any atom is -0.311 e. The van der Waals surface area contributed by atoms with Crippen molar-refractivity contribution in [2.24, 2.45) is 0 Å². The maximum Gasteiger partial charge on any atom is 0.0540 e. The van der Waals surface area contributed by atoms with Crippen molar-refractivity contribution < 1.29 is 0 Å². The molecule has 0 N–H and O–H groups in total. The molecule has 12 rings (SSSR count). The average molecular weight is 895 g/mol. The van der Waals surface area contributed by atoms with E-state index in [0.29, 0.717) is 5.92 Å². The monoisotopic (exact) mass is 894 g/mol. The molecular weight excluding hydrogens is 845 g/mol. The summed E-state index contributed by atoms with van der Waals surface area (Å²) in [5.74, 6) is 0.333. The van der Waals surface area contributed by atoms with Crippen LogP contribution in [0.1, 0.15) is 23.5 Å². The molecule has 2 heteroatoms. The zero-order valence-electron chi connectivity index (χ0n) is 38.8. The number of benzene rings is 11. The zero-order chi connectivity index (χ0) is 46.6. The summed E-state index contributed by atoms with van der Waals surface area (Å²) in [7, 11) is 0. The molecule has 0 heterocycles. The van der Waals surface area contributed by atoms with Gasteiger partial charge in [0, 0.05) is 39.7 Å². The Kier molecular flexibility index (Phi) is 11.5. The van der Waals surface area contributed by atoms with E-state index < -0.39 is 0 Å². The van der Waals surface area contributed by atoms with E-state index >= 15 is 0 Å². The number of anilines is 6. The molecule has 0 aromatic heterocycles. The summed E-state index contributed by atoms with van der Waals surface area (Å²) in [6.45, 7) is 0. The second-order valence-electron chi connectivity index (χ2n) is 18.1. The molecule has 0 radical (unpaired) electrons. The first-order chi connectivity index (χ1) is 34.7. The normalized spacial score (nSPS) is 13.3. The molecule has 1 aliphatic carbocycles. The van der Waals surface area contributed by atoms with Gasteiger partial charge in [-0.1, -0.05) is 218 Å². The molecule has 0 bridgehead atoms. The molecule has 0 saturated heterocycles. The third-order valence-corrected chi connectivity index (χ3v) is 13.8. The highest BCUT2D eigenvalue weighted by molar-refractivity contribution is 6.00. The SMILES string of the molecule is C1=CC(c2ccc(N(c3ccc(-c4ccc(-c5ccccc5)cc4)cc3)c3ccc(-c4ccc(N(c5ccc6ccccc6c5)c5cccc6ccccc56)cc4)cc3)cc2)CC=C1c1ccccc1. The van der Waals surface area contributed by atoms with Crippen LogP contribution in [-0.4, -0.2) is 0 Å². The Morgan fingerprint density at radius 2 is 0.729 bits per heavy atom. The third-order valence-electron chi connectivity index (χ3n) is 13.8. The van der Waals surface area contributed by atoms with Crippen molar-refractivity contribution in [2.45, 2.75) is 12.3 Å². The Labute approximate surface area is 411 Å². The van der Waals surface area contributed by atoms with Gasteiger partial charge in [0.1, 0.15) is 0 Å². The fraction of sp³-hybridized carbons (Fsp3) is 0.0294. The van der Waals surface area contributed by atoms with E-state index in [0.717, 1.165) is 51.7 Å². The van der Waals surface area contributed by atoms with Gasteiger partial charge in [-0.15, -0.1) is 0 Å². The van der Waals surface area contributed by atoms with Crippen molar-refractivity contribution in [3.63, 3.8) is 0 Å². The van der Waals surface area contributed by atoms with Crippen molar-refractivity contribution in [3.05, 3.63) is 296 Å². The summed E-state index contributed by atoms with van der Waals surface area (Å²) >= 11 is 0. The molecule has 1 atom stereocenters. The lowest BCUT2D eigenvalue weighted by molar-refractivity contribution is 0.856. The largest absolute Gasteiger partial charge is 0.311 e. The first-order valence-corrected chi connectivity index (χ1v) is 24.3. The predicted molar refractivity (Wildman–Crippen MR) is 298 cm³/mol. The van der Waals surface area contributed by atoms with Gasteiger partial charge in [-0.05, 0) is 139 Å². The smallest absolute Gasteiger partial charge is 0.0540 e. The van der Waals surface area contributed by atoms with Crippen LogP contribution in [-0.2, 0) is 0 Å². The lowest BCUT2D eigenvalue weighted by Crippen LogP contribution is -2.10. The fourth-order valence-electron chi connectivity index (χ4n) is 10.1. The molecule has 1 unspecified atom stereocenters. The fourth-order valence-corrected chi connectivity index (χ4v) is 10.1. The van der Waals surface area contributed by atoms with E-state index in [9.17, 15) is 0 Å². The minimum atomic E-state index is 0.333. The Morgan fingerprint density at radius 1 is 0.300 bits per heavy atom. The Bertz CT molecular complexity index is 3630. The third kappa shape index (κ3) is 8.60. The highest BCUT2D eigenvalue weighted by atomic mass is 15.1. The lowest BCUT2D eigenvalue weighted by atomic mass is 9.88. The van der Waals surface area contributed by atoms with Gasteiger partial charge in [0.2, 0.25) is 0 Å². The van der Waals surface area contributed by atoms with Crippen LogP contribution in [0.25, 0.3) is 60.5 Å². The number of allylic oxidation sites excluding steroid dienone is 4. The molecule has 0 saturated carbocycles. The van der Waals surface area contributed by atoms with Gasteiger partial charge in [-0.3, -0.25) is 0 Å². The molecule has 2 nitrogen and oxygen atoms in total. The number of hydrogen-bond donors (Lipinski definition) is 0. The van der Waals surface area contributed by atoms with E-state index in [2.05, 4.69) is 295 Å². The van der Waals surface area contributed by atoms with Crippen molar-refractivity contribution in [2.75, 3.05) is 9.80 Å². The summed E-state index contributed by atoms with van der Waals surface area (Å²) in [5, 5.41) is 4.87. The molecule has 0 fully saturated rings. The summed E-state index contributed by atoms with van der Waals surface area (Å²) in [4.78, 5) is 4.76. The number of rotatable bonds is 11. The standard InChI is InChI=1S/C68H50N2/c1-3-12-49(13-4-1)52-22-26-54(27-23-52)56-30-39-62(40-31-56)69(63-41-32-57(33-42-63)55-28-24-53(25-29-55)50-14-5-2-6-15-50)64-43-34-58(35-44-64)59-36-45-65(46-37-59)70(66-47-38-51-16-7-8-18-61(51)48-66)68-21-11-19-60-17-9-10-20-67(60)68/h1-28,30-48,55H,29H2. The molecule has 1 aliphatic rings. The summed E-state index contributed by atoms with van der Waals surface area (Å²) < 4.78 is 0. The Morgan fingerprint density at radius 3 is 1.29 bits per heavy atom. The van der Waals surface area contributed by atoms with Gasteiger partial charge in [-0.25, -0.2) is 0 Å². The molecule has 0 aliphatic heterocycles. The molecule has 11 aromatic carbocycles. The second kappa shape index (κ2) is 19.0. The zero-order valence-corrected chi connectivity index (χ0v) is 38.8. The van der Waals surface area contributed by atoms with Crippen molar-refractivity contribution in [3.8, 4) is 33.4 Å². The van der Waals surface area contributed by atoms with E-state index in [-0.39, 0.29) is 0 Å². The highest BCUT2D eigenvalue weighted by Gasteiger charge is 2.19. The summed E-state index contributed by atoms with van der Waals surface area (Å²) in [6, 6.07) is 96.8. The Balaban J connectivity index is 0.853. The van der Waals surface area contributed by atoms with Crippen molar-refractivity contribution >= 4 is 61.2 Å². The van der Waals surface area contributed by atoms with Crippen molar-refractivity contribution in [1.82, 2.24) is 0 Å². The van der Waals surface area contributed by atoms with Gasteiger partial charge >= 0.3 is 0 Å². The van der Waals surface area contributed by atoms with Crippen LogP contribution < -0.4 is 9.80 Å². The Hall–Kier alpha value is -8.98. The first-order valence-electron chi connectivity index (χ1n) is 24.3. The number of nitrogens with zero attached hydrogens (tertiary/aromatic N) is 2. The molecular formula is C68H50N2. The molecule has 0 amide bonds. The summed E-state index contributed by atoms with van der Waals surface area (Å²) in [6.07, 6.45) is 7.99. The highest BCUT2D eigenvalue weighted by Crippen LogP contribution is 2.42. The average Bonchev–Trinajstić information content (AvgIpc) is 3.44. The lowest BCUT2D eigenvalue weighted by Gasteiger charge is -2.27. The molecule has 70 heavy (non-hydrogen) atoms. The van der Waals surface area contributed by atoms with Gasteiger partial charge in [0.05, 0.1) is 5.69 Å². The van der Waals surface area contributed by atoms with E-state index in [1.165, 1.54) is 60.5 Å². The predicted octanol–water partition coefficient (Wildman–Crippen LogP) is 19.1. The summed E-state index contributed by atoms with van der Waals surface area (Å²) in [5.41, 5.74) is 17.7. The van der Waals surface area contributed by atoms with Crippen LogP contribution in [0.5, 0.6) is 0 Å². The first kappa shape index (κ1) is 42.4. The van der Waals surface area contributed by atoms with Crippen LogP contribution in [0, 0.1) is 0 Å². The van der Waals surface area contributed by atoms with E-state index in [1.54, 1.807) is 0 Å². The van der Waals surface area contributed by atoms with E-state index in [4.69, 9.17) is 0 Å². The van der Waals surface area contributed by atoms with Gasteiger partial charge in [0.25, 0.3) is 0 Å². The topological polar surface area (TPSA) is 6.48 Å². The number of fused-ring (bicyclic) bond motifs is 2. The minimum absolute atomic E-state index is 0.333. The van der Waals surface area contributed by atoms with Crippen LogP contribution in [0.2, 0.25) is 0 Å². The van der Waals surface area contributed by atoms with Gasteiger partial charge in [0.15, 0.2) is 0 Å². The molecule has 332 valence electrons. The second-order valence-corrected chi connectivity index (χ2v) is 18.1. The van der Waals surface area contributed by atoms with Crippen molar-refractivity contribution in [1.29, 1.82) is 0 Å². The van der Waals surface area contributed by atoms with Crippen LogP contribution in [0.4, 0.5) is 34.1 Å². The van der Waals surface area contributed by atoms with Crippen LogP contribution in [0.15, 0.2) is 285 Å². The quantitative estimate of drug-likeness (QED) is 0.128. The van der Waals surface area contributed by atoms with E-state index in [1.807, 2.05) is 0 Å². The van der Waals surface area contributed by atoms with Gasteiger partial charge < -0.3 is 9.80 Å². The molecule has 11 aromatic rings. The maximum absolute atomic E-state index is 2.39. The maximum atomic E-state index is 2.39. The van der Waals surface area contributed by atoms with Crippen LogP contribution >= 0.6 is 0 Å². The number of hydrogen-bond acceptors (Lipinski definition) is 2. The molecule has 0 spiro atoms.